The van der Waals surface area contributed by atoms with Crippen molar-refractivity contribution in [2.24, 2.45) is 0 Å². The molecular formula is C18H19NO5. The summed E-state index contributed by atoms with van der Waals surface area (Å²) >= 11 is 0. The average molecular weight is 329 g/mol. The predicted molar refractivity (Wildman–Crippen MR) is 89.1 cm³/mol. The molecule has 2 aromatic rings. The van der Waals surface area contributed by atoms with Crippen molar-refractivity contribution >= 4 is 11.6 Å². The first-order chi connectivity index (χ1) is 11.7. The molecule has 126 valence electrons. The fourth-order valence-electron chi connectivity index (χ4n) is 2.27. The number of ether oxygens (including phenoxy) is 4. The van der Waals surface area contributed by atoms with Crippen LogP contribution in [0.5, 0.6) is 23.0 Å². The van der Waals surface area contributed by atoms with Gasteiger partial charge in [-0.05, 0) is 43.3 Å². The third kappa shape index (κ3) is 3.71. The highest BCUT2D eigenvalue weighted by atomic mass is 16.6. The molecule has 1 N–H and O–H groups in total. The molecule has 24 heavy (non-hydrogen) atoms. The third-order valence-electron chi connectivity index (χ3n) is 3.55. The van der Waals surface area contributed by atoms with Crippen LogP contribution in [0, 0.1) is 0 Å². The highest BCUT2D eigenvalue weighted by Crippen LogP contribution is 2.33. The normalized spacial score (nSPS) is 13.8. The third-order valence-corrected chi connectivity index (χ3v) is 3.55. The Kier molecular flexibility index (Phi) is 4.74. The summed E-state index contributed by atoms with van der Waals surface area (Å²) in [5.74, 6) is 2.35. The summed E-state index contributed by atoms with van der Waals surface area (Å²) in [5, 5.41) is 2.80. The molecular weight excluding hydrogens is 310 g/mol. The summed E-state index contributed by atoms with van der Waals surface area (Å²) < 4.78 is 21.7. The van der Waals surface area contributed by atoms with E-state index in [1.54, 1.807) is 56.5 Å². The highest BCUT2D eigenvalue weighted by Gasteiger charge is 2.17. The maximum absolute atomic E-state index is 12.2. The fourth-order valence-corrected chi connectivity index (χ4v) is 2.27. The van der Waals surface area contributed by atoms with Crippen molar-refractivity contribution in [3.05, 3.63) is 42.5 Å². The lowest BCUT2D eigenvalue weighted by atomic mass is 10.2. The van der Waals surface area contributed by atoms with Crippen LogP contribution in [-0.4, -0.2) is 32.3 Å². The molecule has 0 aromatic heterocycles. The Bertz CT molecular complexity index is 714. The molecule has 2 aromatic carbocycles. The Morgan fingerprint density at radius 2 is 1.71 bits per heavy atom. The molecule has 1 amide bonds. The maximum atomic E-state index is 12.2. The molecule has 6 heteroatoms. The van der Waals surface area contributed by atoms with Crippen LogP contribution in [0.2, 0.25) is 0 Å². The summed E-state index contributed by atoms with van der Waals surface area (Å²) in [6.45, 7) is 2.73. The van der Waals surface area contributed by atoms with Crippen molar-refractivity contribution in [2.75, 3.05) is 25.6 Å². The number of methoxy groups -OCH3 is 1. The van der Waals surface area contributed by atoms with Crippen LogP contribution in [0.25, 0.3) is 0 Å². The van der Waals surface area contributed by atoms with E-state index in [1.165, 1.54) is 0 Å². The Balaban J connectivity index is 1.61. The van der Waals surface area contributed by atoms with Crippen molar-refractivity contribution in [1.29, 1.82) is 0 Å². The minimum atomic E-state index is -0.658. The summed E-state index contributed by atoms with van der Waals surface area (Å²) in [6.07, 6.45) is -0.658. The first-order valence-electron chi connectivity index (χ1n) is 7.67. The lowest BCUT2D eigenvalue weighted by molar-refractivity contribution is -0.122. The molecule has 1 heterocycles. The van der Waals surface area contributed by atoms with E-state index >= 15 is 0 Å². The molecule has 0 bridgehead atoms. The molecule has 1 aliphatic rings. The van der Waals surface area contributed by atoms with Gasteiger partial charge in [0.25, 0.3) is 5.91 Å². The van der Waals surface area contributed by atoms with Gasteiger partial charge in [-0.3, -0.25) is 4.79 Å². The Labute approximate surface area is 140 Å². The van der Waals surface area contributed by atoms with Gasteiger partial charge in [-0.1, -0.05) is 0 Å². The molecule has 6 nitrogen and oxygen atoms in total. The van der Waals surface area contributed by atoms with E-state index in [2.05, 4.69) is 5.32 Å². The van der Waals surface area contributed by atoms with Crippen LogP contribution in [-0.2, 0) is 4.79 Å². The molecule has 0 fully saturated rings. The quantitative estimate of drug-likeness (QED) is 0.914. The smallest absolute Gasteiger partial charge is 0.265 e. The van der Waals surface area contributed by atoms with E-state index in [9.17, 15) is 4.79 Å². The van der Waals surface area contributed by atoms with Gasteiger partial charge in [0.1, 0.15) is 24.7 Å². The molecule has 0 radical (unpaired) electrons. The van der Waals surface area contributed by atoms with Crippen molar-refractivity contribution in [1.82, 2.24) is 0 Å². The number of anilines is 1. The molecule has 1 unspecified atom stereocenters. The molecule has 0 aliphatic carbocycles. The summed E-state index contributed by atoms with van der Waals surface area (Å²) in [5.41, 5.74) is 0.679. The zero-order valence-corrected chi connectivity index (χ0v) is 13.6. The SMILES string of the molecule is COc1ccc(NC(=O)C(C)Oc2ccc3c(c2)OCCO3)cc1. The van der Waals surface area contributed by atoms with Gasteiger partial charge in [-0.25, -0.2) is 0 Å². The summed E-state index contributed by atoms with van der Waals surface area (Å²) in [7, 11) is 1.59. The fraction of sp³-hybridized carbons (Fsp3) is 0.278. The molecule has 0 spiro atoms. The van der Waals surface area contributed by atoms with Crippen molar-refractivity contribution in [3.8, 4) is 23.0 Å². The van der Waals surface area contributed by atoms with Gasteiger partial charge in [0.05, 0.1) is 7.11 Å². The zero-order valence-electron chi connectivity index (χ0n) is 13.6. The van der Waals surface area contributed by atoms with Crippen molar-refractivity contribution in [2.45, 2.75) is 13.0 Å². The predicted octanol–water partition coefficient (Wildman–Crippen LogP) is 2.87. The van der Waals surface area contributed by atoms with Crippen molar-refractivity contribution < 1.29 is 23.7 Å². The largest absolute Gasteiger partial charge is 0.497 e. The molecule has 0 saturated heterocycles. The number of nitrogens with one attached hydrogen (secondary N) is 1. The number of amides is 1. The monoisotopic (exact) mass is 329 g/mol. The summed E-state index contributed by atoms with van der Waals surface area (Å²) in [6, 6.07) is 12.4. The minimum absolute atomic E-state index is 0.241. The van der Waals surface area contributed by atoms with Crippen molar-refractivity contribution in [3.63, 3.8) is 0 Å². The topological polar surface area (TPSA) is 66.0 Å². The van der Waals surface area contributed by atoms with Crippen LogP contribution in [0.1, 0.15) is 6.92 Å². The molecule has 3 rings (SSSR count). The van der Waals surface area contributed by atoms with E-state index in [-0.39, 0.29) is 5.91 Å². The van der Waals surface area contributed by atoms with E-state index in [0.29, 0.717) is 36.1 Å². The van der Waals surface area contributed by atoms with Crippen LogP contribution in [0.3, 0.4) is 0 Å². The standard InChI is InChI=1S/C18H19NO5/c1-12(18(20)19-13-3-5-14(21-2)6-4-13)24-15-7-8-16-17(11-15)23-10-9-22-16/h3-8,11-12H,9-10H2,1-2H3,(H,19,20). The molecule has 1 aliphatic heterocycles. The number of benzene rings is 2. The zero-order chi connectivity index (χ0) is 16.9. The second kappa shape index (κ2) is 7.12. The van der Waals surface area contributed by atoms with Gasteiger partial charge < -0.3 is 24.3 Å². The Morgan fingerprint density at radius 3 is 2.42 bits per heavy atom. The van der Waals surface area contributed by atoms with E-state index in [0.717, 1.165) is 5.75 Å². The number of carbonyl (C=O) groups excluding carboxylic acids is 1. The van der Waals surface area contributed by atoms with Gasteiger partial charge in [-0.15, -0.1) is 0 Å². The number of fused-ring (bicyclic) bond motifs is 1. The maximum Gasteiger partial charge on any atom is 0.265 e. The summed E-state index contributed by atoms with van der Waals surface area (Å²) in [4.78, 5) is 12.2. The molecule has 1 atom stereocenters. The second-order valence-electron chi connectivity index (χ2n) is 5.28. The van der Waals surface area contributed by atoms with Gasteiger partial charge in [0.2, 0.25) is 0 Å². The van der Waals surface area contributed by atoms with E-state index in [4.69, 9.17) is 18.9 Å². The van der Waals surface area contributed by atoms with E-state index < -0.39 is 6.10 Å². The van der Waals surface area contributed by atoms with E-state index in [1.807, 2.05) is 0 Å². The lowest BCUT2D eigenvalue weighted by Gasteiger charge is -2.20. The first-order valence-corrected chi connectivity index (χ1v) is 7.67. The van der Waals surface area contributed by atoms with Crippen LogP contribution >= 0.6 is 0 Å². The number of hydrogen-bond acceptors (Lipinski definition) is 5. The van der Waals surface area contributed by atoms with Gasteiger partial charge in [0, 0.05) is 11.8 Å². The Morgan fingerprint density at radius 1 is 1.04 bits per heavy atom. The van der Waals surface area contributed by atoms with Gasteiger partial charge >= 0.3 is 0 Å². The first kappa shape index (κ1) is 16.0. The minimum Gasteiger partial charge on any atom is -0.497 e. The highest BCUT2D eigenvalue weighted by molar-refractivity contribution is 5.94. The second-order valence-corrected chi connectivity index (χ2v) is 5.28. The number of carbonyl (C=O) groups is 1. The van der Waals surface area contributed by atoms with Gasteiger partial charge in [-0.2, -0.15) is 0 Å². The Hall–Kier alpha value is -2.89. The van der Waals surface area contributed by atoms with Crippen LogP contribution < -0.4 is 24.3 Å². The van der Waals surface area contributed by atoms with Gasteiger partial charge in [0.15, 0.2) is 17.6 Å². The number of rotatable bonds is 5. The average Bonchev–Trinajstić information content (AvgIpc) is 2.62. The lowest BCUT2D eigenvalue weighted by Crippen LogP contribution is -2.30. The molecule has 0 saturated carbocycles. The number of hydrogen-bond donors (Lipinski definition) is 1. The van der Waals surface area contributed by atoms with Crippen LogP contribution in [0.15, 0.2) is 42.5 Å². The van der Waals surface area contributed by atoms with Crippen LogP contribution in [0.4, 0.5) is 5.69 Å².